The van der Waals surface area contributed by atoms with E-state index < -0.39 is 4.92 Å². The summed E-state index contributed by atoms with van der Waals surface area (Å²) in [7, 11) is 1.53. The predicted octanol–water partition coefficient (Wildman–Crippen LogP) is 1.13. The van der Waals surface area contributed by atoms with Crippen LogP contribution in [0.25, 0.3) is 0 Å². The van der Waals surface area contributed by atoms with Gasteiger partial charge in [0.2, 0.25) is 11.8 Å². The van der Waals surface area contributed by atoms with Crippen LogP contribution in [0.5, 0.6) is 5.88 Å². The number of aryl methyl sites for hydroxylation is 1. The Balaban J connectivity index is 1.97. The molecule has 0 aromatic carbocycles. The number of hydrogen-bond acceptors (Lipinski definition) is 6. The Labute approximate surface area is 132 Å². The van der Waals surface area contributed by atoms with Gasteiger partial charge in [0.1, 0.15) is 17.9 Å². The maximum Gasteiger partial charge on any atom is 0.312 e. The van der Waals surface area contributed by atoms with Crippen LogP contribution in [0, 0.1) is 24.0 Å². The van der Waals surface area contributed by atoms with E-state index in [9.17, 15) is 14.9 Å². The van der Waals surface area contributed by atoms with Gasteiger partial charge in [0.15, 0.2) is 0 Å². The Hall–Kier alpha value is -2.97. The first-order valence-electron chi connectivity index (χ1n) is 6.86. The molecule has 2 rings (SSSR count). The summed E-state index contributed by atoms with van der Waals surface area (Å²) in [6, 6.07) is 3.49. The molecule has 2 heterocycles. The zero-order valence-electron chi connectivity index (χ0n) is 13.1. The van der Waals surface area contributed by atoms with Gasteiger partial charge in [-0.25, -0.2) is 4.98 Å². The number of aromatic nitrogens is 3. The first-order valence-corrected chi connectivity index (χ1v) is 6.86. The highest BCUT2D eigenvalue weighted by molar-refractivity contribution is 5.75. The molecule has 1 amide bonds. The monoisotopic (exact) mass is 319 g/mol. The molecule has 9 heteroatoms. The van der Waals surface area contributed by atoms with Gasteiger partial charge in [0, 0.05) is 18.8 Å². The summed E-state index contributed by atoms with van der Waals surface area (Å²) >= 11 is 0. The molecule has 0 aliphatic rings. The molecule has 0 radical (unpaired) electrons. The van der Waals surface area contributed by atoms with E-state index in [2.05, 4.69) is 15.4 Å². The number of pyridine rings is 1. The first kappa shape index (κ1) is 16.4. The van der Waals surface area contributed by atoms with Gasteiger partial charge in [-0.05, 0) is 19.4 Å². The van der Waals surface area contributed by atoms with Gasteiger partial charge in [0.25, 0.3) is 0 Å². The molecule has 0 saturated heterocycles. The van der Waals surface area contributed by atoms with Crippen LogP contribution >= 0.6 is 0 Å². The molecule has 0 atom stereocenters. The van der Waals surface area contributed by atoms with Crippen molar-refractivity contribution in [3.63, 3.8) is 0 Å². The normalized spacial score (nSPS) is 10.4. The zero-order valence-corrected chi connectivity index (χ0v) is 13.1. The van der Waals surface area contributed by atoms with Crippen molar-refractivity contribution in [2.45, 2.75) is 26.9 Å². The molecule has 2 aromatic rings. The average Bonchev–Trinajstić information content (AvgIpc) is 2.79. The topological polar surface area (TPSA) is 112 Å². The Bertz CT molecular complexity index is 724. The van der Waals surface area contributed by atoms with Crippen LogP contribution in [0.3, 0.4) is 0 Å². The van der Waals surface area contributed by atoms with Crippen molar-refractivity contribution in [2.75, 3.05) is 7.11 Å². The molecule has 0 saturated carbocycles. The van der Waals surface area contributed by atoms with Gasteiger partial charge in [-0.3, -0.25) is 19.6 Å². The minimum atomic E-state index is -0.491. The third-order valence-electron chi connectivity index (χ3n) is 3.32. The number of methoxy groups -OCH3 is 1. The van der Waals surface area contributed by atoms with Crippen LogP contribution < -0.4 is 10.1 Å². The lowest BCUT2D eigenvalue weighted by atomic mass is 10.3. The Morgan fingerprint density at radius 2 is 2.17 bits per heavy atom. The largest absolute Gasteiger partial charge is 0.481 e. The minimum absolute atomic E-state index is 0.0582. The summed E-state index contributed by atoms with van der Waals surface area (Å²) in [6.45, 7) is 3.34. The number of carbonyl (C=O) groups excluding carboxylic acids is 1. The van der Waals surface area contributed by atoms with Crippen LogP contribution in [0.15, 0.2) is 18.3 Å². The highest BCUT2D eigenvalue weighted by atomic mass is 16.6. The molecule has 0 spiro atoms. The van der Waals surface area contributed by atoms with Gasteiger partial charge in [0.05, 0.1) is 12.0 Å². The van der Waals surface area contributed by atoms with Gasteiger partial charge in [-0.1, -0.05) is 6.07 Å². The second-order valence-electron chi connectivity index (χ2n) is 4.92. The third-order valence-corrected chi connectivity index (χ3v) is 3.32. The lowest BCUT2D eigenvalue weighted by Gasteiger charge is -2.07. The van der Waals surface area contributed by atoms with E-state index in [1.165, 1.54) is 11.8 Å². The fourth-order valence-electron chi connectivity index (χ4n) is 2.13. The number of amides is 1. The molecular weight excluding hydrogens is 302 g/mol. The highest BCUT2D eigenvalue weighted by Gasteiger charge is 2.22. The molecule has 0 aliphatic carbocycles. The second-order valence-corrected chi connectivity index (χ2v) is 4.92. The standard InChI is InChI=1S/C14H17N5O4/c1-9-14(19(21)22)10(2)18(17-9)8-12(20)15-6-11-4-5-13(23-3)16-7-11/h4-5,7H,6,8H2,1-3H3,(H,15,20). The van der Waals surface area contributed by atoms with E-state index in [1.54, 1.807) is 32.2 Å². The van der Waals surface area contributed by atoms with Gasteiger partial charge in [-0.2, -0.15) is 5.10 Å². The van der Waals surface area contributed by atoms with Crippen molar-refractivity contribution < 1.29 is 14.5 Å². The third kappa shape index (κ3) is 3.82. The van der Waals surface area contributed by atoms with E-state index in [1.807, 2.05) is 0 Å². The quantitative estimate of drug-likeness (QED) is 0.631. The van der Waals surface area contributed by atoms with E-state index in [0.717, 1.165) is 5.56 Å². The van der Waals surface area contributed by atoms with E-state index in [4.69, 9.17) is 4.74 Å². The number of carbonyl (C=O) groups is 1. The van der Waals surface area contributed by atoms with E-state index in [-0.39, 0.29) is 18.1 Å². The van der Waals surface area contributed by atoms with Crippen LogP contribution in [-0.2, 0) is 17.9 Å². The molecule has 1 N–H and O–H groups in total. The van der Waals surface area contributed by atoms with Crippen molar-refractivity contribution >= 4 is 11.6 Å². The molecule has 0 aliphatic heterocycles. The Morgan fingerprint density at radius 3 is 2.70 bits per heavy atom. The Kier molecular flexibility index (Phi) is 4.89. The van der Waals surface area contributed by atoms with Crippen molar-refractivity contribution in [3.8, 4) is 5.88 Å². The second kappa shape index (κ2) is 6.86. The molecule has 0 bridgehead atoms. The fourth-order valence-corrected chi connectivity index (χ4v) is 2.13. The van der Waals surface area contributed by atoms with Gasteiger partial charge in [-0.15, -0.1) is 0 Å². The average molecular weight is 319 g/mol. The number of nitro groups is 1. The Morgan fingerprint density at radius 1 is 1.43 bits per heavy atom. The zero-order chi connectivity index (χ0) is 17.0. The number of rotatable bonds is 6. The number of ether oxygens (including phenoxy) is 1. The molecular formula is C14H17N5O4. The maximum atomic E-state index is 12.0. The van der Waals surface area contributed by atoms with Crippen molar-refractivity contribution in [3.05, 3.63) is 45.4 Å². The number of nitrogens with one attached hydrogen (secondary N) is 1. The van der Waals surface area contributed by atoms with E-state index in [0.29, 0.717) is 23.8 Å². The summed E-state index contributed by atoms with van der Waals surface area (Å²) in [5, 5.41) is 17.7. The van der Waals surface area contributed by atoms with Crippen molar-refractivity contribution in [1.29, 1.82) is 0 Å². The molecule has 0 fully saturated rings. The molecule has 2 aromatic heterocycles. The van der Waals surface area contributed by atoms with Crippen molar-refractivity contribution in [1.82, 2.24) is 20.1 Å². The lowest BCUT2D eigenvalue weighted by Crippen LogP contribution is -2.28. The van der Waals surface area contributed by atoms with Crippen LogP contribution in [0.2, 0.25) is 0 Å². The summed E-state index contributed by atoms with van der Waals surface area (Å²) < 4.78 is 6.28. The summed E-state index contributed by atoms with van der Waals surface area (Å²) in [4.78, 5) is 26.5. The van der Waals surface area contributed by atoms with E-state index >= 15 is 0 Å². The summed E-state index contributed by atoms with van der Waals surface area (Å²) in [5.41, 5.74) is 1.41. The highest BCUT2D eigenvalue weighted by Crippen LogP contribution is 2.21. The fraction of sp³-hybridized carbons (Fsp3) is 0.357. The molecule has 23 heavy (non-hydrogen) atoms. The summed E-state index contributed by atoms with van der Waals surface area (Å²) in [5.74, 6) is 0.205. The summed E-state index contributed by atoms with van der Waals surface area (Å²) in [6.07, 6.45) is 1.60. The minimum Gasteiger partial charge on any atom is -0.481 e. The van der Waals surface area contributed by atoms with Gasteiger partial charge >= 0.3 is 5.69 Å². The maximum absolute atomic E-state index is 12.0. The van der Waals surface area contributed by atoms with Crippen LogP contribution in [0.1, 0.15) is 17.0 Å². The number of hydrogen-bond donors (Lipinski definition) is 1. The van der Waals surface area contributed by atoms with Crippen LogP contribution in [-0.4, -0.2) is 32.7 Å². The predicted molar refractivity (Wildman–Crippen MR) is 81.0 cm³/mol. The molecule has 0 unspecified atom stereocenters. The van der Waals surface area contributed by atoms with Gasteiger partial charge < -0.3 is 10.1 Å². The lowest BCUT2D eigenvalue weighted by molar-refractivity contribution is -0.386. The smallest absolute Gasteiger partial charge is 0.312 e. The van der Waals surface area contributed by atoms with Crippen LogP contribution in [0.4, 0.5) is 5.69 Å². The molecule has 9 nitrogen and oxygen atoms in total. The van der Waals surface area contributed by atoms with Crippen molar-refractivity contribution in [2.24, 2.45) is 0 Å². The first-order chi connectivity index (χ1) is 10.9. The SMILES string of the molecule is COc1ccc(CNC(=O)Cn2nc(C)c([N+](=O)[O-])c2C)cn1. The molecule has 122 valence electrons. The number of nitrogens with zero attached hydrogens (tertiary/aromatic N) is 4.